The first kappa shape index (κ1) is 27.7. The summed E-state index contributed by atoms with van der Waals surface area (Å²) in [5.41, 5.74) is 19.2. The van der Waals surface area contributed by atoms with Gasteiger partial charge >= 0.3 is 0 Å². The van der Waals surface area contributed by atoms with Gasteiger partial charge < -0.3 is 10.2 Å². The van der Waals surface area contributed by atoms with Crippen LogP contribution in [0, 0.1) is 0 Å². The summed E-state index contributed by atoms with van der Waals surface area (Å²) >= 11 is 0. The van der Waals surface area contributed by atoms with E-state index in [4.69, 9.17) is 10.2 Å². The molecule has 2 aliphatic rings. The van der Waals surface area contributed by atoms with Gasteiger partial charge in [0.15, 0.2) is 0 Å². The maximum absolute atomic E-state index is 7.20. The minimum Gasteiger partial charge on any atom is -0.456 e. The summed E-state index contributed by atoms with van der Waals surface area (Å²) in [6, 6.07) is 43.9. The van der Waals surface area contributed by atoms with Crippen molar-refractivity contribution in [3.63, 3.8) is 0 Å². The van der Waals surface area contributed by atoms with Crippen molar-refractivity contribution in [3.05, 3.63) is 161 Å². The Kier molecular flexibility index (Phi) is 5.78. The lowest BCUT2D eigenvalue weighted by Gasteiger charge is -2.26. The average Bonchev–Trinajstić information content (AvgIpc) is 3.62. The molecule has 1 heterocycles. The maximum Gasteiger partial charge on any atom is 0.135 e. The molecular formula is C46H35NO. The van der Waals surface area contributed by atoms with E-state index in [0.29, 0.717) is 0 Å². The molecule has 8 aromatic rings. The molecule has 2 heteroatoms. The molecule has 1 unspecified atom stereocenters. The molecule has 48 heavy (non-hydrogen) atoms. The van der Waals surface area contributed by atoms with Crippen molar-refractivity contribution >= 4 is 59.8 Å². The van der Waals surface area contributed by atoms with E-state index < -0.39 is 0 Å². The maximum atomic E-state index is 7.20. The fourth-order valence-corrected chi connectivity index (χ4v) is 8.80. The zero-order chi connectivity index (χ0) is 32.1. The Morgan fingerprint density at radius 2 is 1.29 bits per heavy atom. The van der Waals surface area contributed by atoms with Crippen LogP contribution in [0.2, 0.25) is 0 Å². The zero-order valence-corrected chi connectivity index (χ0v) is 27.2. The Balaban J connectivity index is 1.11. The molecule has 0 amide bonds. The topological polar surface area (TPSA) is 39.2 Å². The van der Waals surface area contributed by atoms with Gasteiger partial charge in [-0.15, -0.1) is 0 Å². The van der Waals surface area contributed by atoms with Gasteiger partial charge in [0, 0.05) is 16.2 Å². The second kappa shape index (κ2) is 10.0. The Bertz CT molecular complexity index is 2680. The third-order valence-electron chi connectivity index (χ3n) is 11.2. The van der Waals surface area contributed by atoms with Gasteiger partial charge in [-0.05, 0) is 108 Å². The van der Waals surface area contributed by atoms with Gasteiger partial charge in [-0.1, -0.05) is 129 Å². The van der Waals surface area contributed by atoms with Crippen molar-refractivity contribution in [2.75, 3.05) is 0 Å². The van der Waals surface area contributed by atoms with E-state index in [9.17, 15) is 0 Å². The molecule has 0 fully saturated rings. The third-order valence-corrected chi connectivity index (χ3v) is 11.2. The van der Waals surface area contributed by atoms with Crippen LogP contribution >= 0.6 is 0 Å². The van der Waals surface area contributed by atoms with Crippen LogP contribution in [0.5, 0.6) is 0 Å². The van der Waals surface area contributed by atoms with Crippen LogP contribution in [-0.2, 0) is 5.41 Å². The average molecular weight is 618 g/mol. The molecule has 0 radical (unpaired) electrons. The number of benzene rings is 7. The lowest BCUT2D eigenvalue weighted by Crippen LogP contribution is -2.19. The van der Waals surface area contributed by atoms with Crippen LogP contribution in [0.4, 0.5) is 0 Å². The minimum atomic E-state index is -0.284. The molecule has 0 saturated carbocycles. The van der Waals surface area contributed by atoms with Crippen molar-refractivity contribution in [1.29, 1.82) is 0 Å². The van der Waals surface area contributed by atoms with E-state index in [0.717, 1.165) is 51.5 Å². The van der Waals surface area contributed by atoms with Crippen LogP contribution in [0.1, 0.15) is 55.0 Å². The monoisotopic (exact) mass is 617 g/mol. The van der Waals surface area contributed by atoms with E-state index in [1.807, 2.05) is 0 Å². The molecule has 0 aliphatic heterocycles. The molecule has 7 aromatic carbocycles. The summed E-state index contributed by atoms with van der Waals surface area (Å²) in [5, 5.41) is 9.89. The van der Waals surface area contributed by atoms with Crippen molar-refractivity contribution in [1.82, 2.24) is 0 Å². The van der Waals surface area contributed by atoms with Crippen LogP contribution < -0.4 is 5.73 Å². The fourth-order valence-electron chi connectivity index (χ4n) is 8.80. The molecule has 0 bridgehead atoms. The smallest absolute Gasteiger partial charge is 0.135 e. The van der Waals surface area contributed by atoms with E-state index in [-0.39, 0.29) is 11.5 Å². The second-order valence-electron chi connectivity index (χ2n) is 14.1. The second-order valence-corrected chi connectivity index (χ2v) is 14.1. The van der Waals surface area contributed by atoms with Crippen LogP contribution in [0.3, 0.4) is 0 Å². The molecule has 0 spiro atoms. The van der Waals surface area contributed by atoms with E-state index >= 15 is 0 Å². The molecule has 1 atom stereocenters. The zero-order valence-electron chi connectivity index (χ0n) is 27.2. The number of furan rings is 1. The first-order valence-electron chi connectivity index (χ1n) is 17.1. The standard InChI is InChI=1S/C46H35NO/c1-46(2)40-16-8-7-14-35(40)36-22-19-29(26-41(36)46)45(47)37-15-9-17-43-44(37)39-25-28(20-23-42(39)48-43)27-18-21-34-32-12-4-3-10-30(32)31-11-5-6-13-33(31)38(34)24-27/h3-7,9-15,17-26,45H,8,16,47H2,1-2H3. The first-order valence-corrected chi connectivity index (χ1v) is 17.1. The SMILES string of the molecule is CC1(C)C2=C(C=CCC2)c2ccc(C(N)c3cccc4oc5ccc(-c6ccc7c8ccccc8c8ccccc8c7c6)cc5c34)cc21. The summed E-state index contributed by atoms with van der Waals surface area (Å²) in [6.45, 7) is 4.74. The Labute approximate surface area is 279 Å². The Morgan fingerprint density at radius 1 is 0.625 bits per heavy atom. The number of fused-ring (bicyclic) bond motifs is 11. The van der Waals surface area contributed by atoms with E-state index in [1.165, 1.54) is 54.6 Å². The minimum absolute atomic E-state index is 0.00583. The van der Waals surface area contributed by atoms with Crippen molar-refractivity contribution in [2.45, 2.75) is 38.1 Å². The van der Waals surface area contributed by atoms with Gasteiger partial charge in [0.05, 0.1) is 6.04 Å². The highest BCUT2D eigenvalue weighted by molar-refractivity contribution is 6.25. The Hall–Kier alpha value is -5.44. The summed E-state index contributed by atoms with van der Waals surface area (Å²) < 4.78 is 6.45. The van der Waals surface area contributed by atoms with Crippen LogP contribution in [0.15, 0.2) is 143 Å². The van der Waals surface area contributed by atoms with Crippen molar-refractivity contribution in [2.24, 2.45) is 5.73 Å². The van der Waals surface area contributed by atoms with E-state index in [2.05, 4.69) is 147 Å². The predicted octanol–water partition coefficient (Wildman–Crippen LogP) is 12.2. The van der Waals surface area contributed by atoms with Crippen molar-refractivity contribution < 1.29 is 4.42 Å². The van der Waals surface area contributed by atoms with Gasteiger partial charge in [-0.25, -0.2) is 0 Å². The normalized spacial score (nSPS) is 16.0. The third kappa shape index (κ3) is 3.84. The molecule has 1 aromatic heterocycles. The fraction of sp³-hybridized carbons (Fsp3) is 0.130. The highest BCUT2D eigenvalue weighted by Gasteiger charge is 2.37. The van der Waals surface area contributed by atoms with E-state index in [1.54, 1.807) is 5.57 Å². The highest BCUT2D eigenvalue weighted by Crippen LogP contribution is 2.51. The molecule has 2 aliphatic carbocycles. The number of allylic oxidation sites excluding steroid dienone is 4. The van der Waals surface area contributed by atoms with Crippen LogP contribution in [-0.4, -0.2) is 0 Å². The van der Waals surface area contributed by atoms with Gasteiger partial charge in [-0.2, -0.15) is 0 Å². The summed E-state index contributed by atoms with van der Waals surface area (Å²) in [6.07, 6.45) is 6.88. The quantitative estimate of drug-likeness (QED) is 0.200. The first-order chi connectivity index (χ1) is 23.5. The summed E-state index contributed by atoms with van der Waals surface area (Å²) in [7, 11) is 0. The van der Waals surface area contributed by atoms with Gasteiger partial charge in [0.1, 0.15) is 11.2 Å². The predicted molar refractivity (Wildman–Crippen MR) is 202 cm³/mol. The largest absolute Gasteiger partial charge is 0.456 e. The van der Waals surface area contributed by atoms with Gasteiger partial charge in [0.25, 0.3) is 0 Å². The highest BCUT2D eigenvalue weighted by atomic mass is 16.3. The molecule has 0 saturated heterocycles. The lowest BCUT2D eigenvalue weighted by molar-refractivity contribution is 0.606. The molecule has 230 valence electrons. The molecule has 2 nitrogen and oxygen atoms in total. The lowest BCUT2D eigenvalue weighted by atomic mass is 9.78. The summed E-state index contributed by atoms with van der Waals surface area (Å²) in [5.74, 6) is 0. The van der Waals surface area contributed by atoms with Crippen LogP contribution in [0.25, 0.3) is 71.0 Å². The number of rotatable bonds is 3. The Morgan fingerprint density at radius 3 is 2.04 bits per heavy atom. The number of nitrogens with two attached hydrogens (primary N) is 1. The number of hydrogen-bond acceptors (Lipinski definition) is 2. The molecule has 10 rings (SSSR count). The number of hydrogen-bond donors (Lipinski definition) is 1. The molecular weight excluding hydrogens is 583 g/mol. The van der Waals surface area contributed by atoms with Crippen molar-refractivity contribution in [3.8, 4) is 11.1 Å². The van der Waals surface area contributed by atoms with Gasteiger partial charge in [0.2, 0.25) is 0 Å². The summed E-state index contributed by atoms with van der Waals surface area (Å²) in [4.78, 5) is 0. The molecule has 2 N–H and O–H groups in total. The van der Waals surface area contributed by atoms with Gasteiger partial charge in [-0.3, -0.25) is 0 Å².